The van der Waals surface area contributed by atoms with Gasteiger partial charge in [-0.15, -0.1) is 0 Å². The zero-order valence-corrected chi connectivity index (χ0v) is 22.0. The maximum Gasteiger partial charge on any atom is 0.412 e. The number of likely N-dealkylation sites (N-methyl/N-ethyl adjacent to an activating group) is 2. The number of unbranched alkanes of at least 4 members (excludes halogenated alkanes) is 4. The van der Waals surface area contributed by atoms with Crippen molar-refractivity contribution in [1.82, 2.24) is 10.2 Å². The number of carbonyl (C=O) groups is 3. The first-order chi connectivity index (χ1) is 17.5. The topological polar surface area (TPSA) is 138 Å². The molecule has 11 nitrogen and oxygen atoms in total. The van der Waals surface area contributed by atoms with Gasteiger partial charge in [-0.05, 0) is 50.6 Å². The van der Waals surface area contributed by atoms with Crippen molar-refractivity contribution in [2.75, 3.05) is 26.0 Å². The molecule has 3 heterocycles. The lowest BCUT2D eigenvalue weighted by atomic mass is 9.67. The molecule has 1 aromatic carbocycles. The van der Waals surface area contributed by atoms with Crippen LogP contribution in [-0.4, -0.2) is 84.5 Å². The van der Waals surface area contributed by atoms with E-state index < -0.39 is 53.6 Å². The first kappa shape index (κ1) is 27.2. The number of aliphatic hydroxyl groups excluding tert-OH is 2. The second kappa shape index (κ2) is 10.1. The zero-order valence-electron chi connectivity index (χ0n) is 22.0. The Morgan fingerprint density at radius 2 is 1.78 bits per heavy atom. The third kappa shape index (κ3) is 4.13. The van der Waals surface area contributed by atoms with Crippen LogP contribution in [0.25, 0.3) is 0 Å². The van der Waals surface area contributed by atoms with Crippen LogP contribution in [0.3, 0.4) is 0 Å². The molecule has 0 aromatic heterocycles. The van der Waals surface area contributed by atoms with E-state index in [1.54, 1.807) is 19.2 Å². The maximum atomic E-state index is 13.1. The average Bonchev–Trinajstić information content (AvgIpc) is 3.20. The summed E-state index contributed by atoms with van der Waals surface area (Å²) in [5.41, 5.74) is -0.750. The van der Waals surface area contributed by atoms with Crippen molar-refractivity contribution in [2.45, 2.75) is 88.0 Å². The SMILES string of the molecule is CCCCCCCC12OC(=O)C(O)C(O)C(=O)OC1N(C)C1N(C)c3ccc(OC(=O)NC)cc3C12C. The van der Waals surface area contributed by atoms with Gasteiger partial charge in [-0.1, -0.05) is 32.6 Å². The average molecular weight is 520 g/mol. The molecular weight excluding hydrogens is 482 g/mol. The fourth-order valence-corrected chi connectivity index (χ4v) is 6.40. The molecule has 6 atom stereocenters. The van der Waals surface area contributed by atoms with Crippen molar-refractivity contribution in [1.29, 1.82) is 0 Å². The van der Waals surface area contributed by atoms with Gasteiger partial charge in [-0.25, -0.2) is 19.3 Å². The molecular formula is C26H37N3O8. The predicted octanol–water partition coefficient (Wildman–Crippen LogP) is 1.63. The Labute approximate surface area is 216 Å². The highest BCUT2D eigenvalue weighted by atomic mass is 16.6. The van der Waals surface area contributed by atoms with Crippen LogP contribution in [-0.2, 0) is 24.5 Å². The van der Waals surface area contributed by atoms with Crippen LogP contribution in [0, 0.1) is 0 Å². The number of likely N-dealkylation sites (tertiary alicyclic amines) is 1. The van der Waals surface area contributed by atoms with E-state index in [1.807, 2.05) is 29.8 Å². The van der Waals surface area contributed by atoms with Crippen LogP contribution in [0.1, 0.15) is 57.9 Å². The first-order valence-electron chi connectivity index (χ1n) is 12.8. The Morgan fingerprint density at radius 3 is 2.46 bits per heavy atom. The molecule has 4 rings (SSSR count). The number of nitrogens with zero attached hydrogens (tertiary/aromatic N) is 2. The minimum absolute atomic E-state index is 0.308. The standard InChI is InChI=1S/C26H37N3O8/c1-6-7-8-9-10-13-26-23(36-20(32)18(30)19(31)21(33)37-26)29(5)22-25(26,2)16-14-15(35-24(34)27-3)11-12-17(16)28(22)4/h11-12,14,18-19,22-23,30-31H,6-10,13H2,1-5H3,(H,27,34). The summed E-state index contributed by atoms with van der Waals surface area (Å²) in [5, 5.41) is 23.0. The van der Waals surface area contributed by atoms with E-state index in [9.17, 15) is 24.6 Å². The Morgan fingerprint density at radius 1 is 1.11 bits per heavy atom. The van der Waals surface area contributed by atoms with Gasteiger partial charge in [0.1, 0.15) is 5.75 Å². The van der Waals surface area contributed by atoms with E-state index in [2.05, 4.69) is 12.2 Å². The van der Waals surface area contributed by atoms with Crippen molar-refractivity contribution < 1.29 is 38.8 Å². The molecule has 0 aliphatic carbocycles. The molecule has 6 unspecified atom stereocenters. The lowest BCUT2D eigenvalue weighted by Crippen LogP contribution is -2.62. The molecule has 0 bridgehead atoms. The van der Waals surface area contributed by atoms with E-state index >= 15 is 0 Å². The molecule has 0 radical (unpaired) electrons. The summed E-state index contributed by atoms with van der Waals surface area (Å²) in [7, 11) is 5.14. The van der Waals surface area contributed by atoms with Crippen LogP contribution in [0.2, 0.25) is 0 Å². The predicted molar refractivity (Wildman–Crippen MR) is 133 cm³/mol. The zero-order chi connectivity index (χ0) is 27.1. The molecule has 3 N–H and O–H groups in total. The van der Waals surface area contributed by atoms with Crippen molar-refractivity contribution in [3.63, 3.8) is 0 Å². The normalized spacial score (nSPS) is 33.0. The highest BCUT2D eigenvalue weighted by Crippen LogP contribution is 2.61. The van der Waals surface area contributed by atoms with E-state index in [1.165, 1.54) is 7.05 Å². The first-order valence-corrected chi connectivity index (χ1v) is 12.8. The Bertz CT molecular complexity index is 1070. The van der Waals surface area contributed by atoms with Gasteiger partial charge in [0.25, 0.3) is 0 Å². The number of esters is 2. The number of hydrogen-bond acceptors (Lipinski definition) is 10. The van der Waals surface area contributed by atoms with Gasteiger partial charge in [0.2, 0.25) is 0 Å². The number of ether oxygens (including phenoxy) is 3. The van der Waals surface area contributed by atoms with Gasteiger partial charge in [0, 0.05) is 19.8 Å². The van der Waals surface area contributed by atoms with Crippen LogP contribution in [0.4, 0.5) is 10.5 Å². The number of fused-ring (bicyclic) bond motifs is 5. The van der Waals surface area contributed by atoms with Crippen LogP contribution >= 0.6 is 0 Å². The van der Waals surface area contributed by atoms with Crippen molar-refractivity contribution in [3.05, 3.63) is 23.8 Å². The van der Waals surface area contributed by atoms with Gasteiger partial charge in [0.05, 0.1) is 11.6 Å². The van der Waals surface area contributed by atoms with Crippen molar-refractivity contribution in [3.8, 4) is 5.75 Å². The summed E-state index contributed by atoms with van der Waals surface area (Å²) < 4.78 is 17.4. The molecule has 3 aliphatic rings. The Hall–Kier alpha value is -2.89. The summed E-state index contributed by atoms with van der Waals surface area (Å²) in [6.45, 7) is 4.07. The minimum Gasteiger partial charge on any atom is -0.450 e. The highest BCUT2D eigenvalue weighted by molar-refractivity contribution is 5.87. The van der Waals surface area contributed by atoms with Gasteiger partial charge in [-0.2, -0.15) is 0 Å². The second-order valence-corrected chi connectivity index (χ2v) is 10.3. The third-order valence-corrected chi connectivity index (χ3v) is 8.18. The monoisotopic (exact) mass is 519 g/mol. The lowest BCUT2D eigenvalue weighted by Gasteiger charge is -2.46. The van der Waals surface area contributed by atoms with Gasteiger partial charge in [-0.3, -0.25) is 0 Å². The number of benzene rings is 1. The molecule has 1 amide bonds. The molecule has 2 fully saturated rings. The number of aliphatic hydroxyl groups is 2. The number of nitrogens with one attached hydrogen (secondary N) is 1. The lowest BCUT2D eigenvalue weighted by molar-refractivity contribution is -0.228. The van der Waals surface area contributed by atoms with Crippen LogP contribution in [0.5, 0.6) is 5.75 Å². The number of rotatable bonds is 7. The van der Waals surface area contributed by atoms with Crippen molar-refractivity contribution in [2.24, 2.45) is 0 Å². The summed E-state index contributed by atoms with van der Waals surface area (Å²) in [5.74, 6) is -1.85. The molecule has 1 aromatic rings. The van der Waals surface area contributed by atoms with Gasteiger partial charge < -0.3 is 34.6 Å². The molecule has 204 valence electrons. The second-order valence-electron chi connectivity index (χ2n) is 10.3. The van der Waals surface area contributed by atoms with E-state index in [0.717, 1.165) is 36.9 Å². The molecule has 0 spiro atoms. The maximum absolute atomic E-state index is 13.1. The van der Waals surface area contributed by atoms with E-state index in [4.69, 9.17) is 14.2 Å². The van der Waals surface area contributed by atoms with Crippen molar-refractivity contribution >= 4 is 23.7 Å². The quantitative estimate of drug-likeness (QED) is 0.360. The Kier molecular flexibility index (Phi) is 7.42. The highest BCUT2D eigenvalue weighted by Gasteiger charge is 2.74. The summed E-state index contributed by atoms with van der Waals surface area (Å²) in [4.78, 5) is 41.7. The van der Waals surface area contributed by atoms with Crippen LogP contribution in [0.15, 0.2) is 18.2 Å². The fraction of sp³-hybridized carbons (Fsp3) is 0.654. The largest absolute Gasteiger partial charge is 0.450 e. The fourth-order valence-electron chi connectivity index (χ4n) is 6.40. The molecule has 0 saturated carbocycles. The van der Waals surface area contributed by atoms with Gasteiger partial charge >= 0.3 is 18.0 Å². The number of anilines is 1. The van der Waals surface area contributed by atoms with Crippen LogP contribution < -0.4 is 15.0 Å². The Balaban J connectivity index is 1.86. The number of hydrogen-bond donors (Lipinski definition) is 3. The minimum atomic E-state index is -2.07. The third-order valence-electron chi connectivity index (χ3n) is 8.18. The number of carbonyl (C=O) groups excluding carboxylic acids is 3. The molecule has 3 aliphatic heterocycles. The number of amides is 1. The van der Waals surface area contributed by atoms with Gasteiger partial charge in [0.15, 0.2) is 24.0 Å². The molecule has 11 heteroatoms. The smallest absolute Gasteiger partial charge is 0.412 e. The summed E-state index contributed by atoms with van der Waals surface area (Å²) in [6, 6.07) is 5.27. The van der Waals surface area contributed by atoms with E-state index in [-0.39, 0.29) is 0 Å². The summed E-state index contributed by atoms with van der Waals surface area (Å²) in [6.07, 6.45) is -1.11. The van der Waals surface area contributed by atoms with E-state index in [0.29, 0.717) is 18.6 Å². The summed E-state index contributed by atoms with van der Waals surface area (Å²) >= 11 is 0. The molecule has 2 saturated heterocycles. The molecule has 37 heavy (non-hydrogen) atoms.